The fraction of sp³-hybridized carbons (Fsp3) is 0.353. The Morgan fingerprint density at radius 2 is 1.92 bits per heavy atom. The molecule has 2 aliphatic heterocycles. The van der Waals surface area contributed by atoms with Crippen LogP contribution in [0.15, 0.2) is 24.3 Å². The zero-order chi connectivity index (χ0) is 17.2. The average Bonchev–Trinajstić information content (AvgIpc) is 3.09. The second kappa shape index (κ2) is 6.56. The van der Waals surface area contributed by atoms with Crippen LogP contribution in [0.3, 0.4) is 0 Å². The van der Waals surface area contributed by atoms with Crippen LogP contribution in [0.2, 0.25) is 0 Å². The number of carbonyl (C=O) groups is 1. The highest BCUT2D eigenvalue weighted by Crippen LogP contribution is 2.34. The van der Waals surface area contributed by atoms with E-state index in [2.05, 4.69) is 20.2 Å². The largest absolute Gasteiger partial charge is 0.454 e. The quantitative estimate of drug-likeness (QED) is 0.907. The van der Waals surface area contributed by atoms with Crippen LogP contribution in [0.5, 0.6) is 11.5 Å². The number of aryl methyl sites for hydroxylation is 1. The van der Waals surface area contributed by atoms with Crippen LogP contribution in [0, 0.1) is 6.92 Å². The molecule has 1 N–H and O–H groups in total. The average molecular weight is 342 g/mol. The van der Waals surface area contributed by atoms with Crippen LogP contribution < -0.4 is 19.7 Å². The Labute approximate surface area is 144 Å². The van der Waals surface area contributed by atoms with E-state index in [1.165, 1.54) is 0 Å². The monoisotopic (exact) mass is 342 g/mol. The third kappa shape index (κ3) is 3.34. The van der Waals surface area contributed by atoms with Crippen LogP contribution in [0.25, 0.3) is 0 Å². The molecule has 0 bridgehead atoms. The lowest BCUT2D eigenvalue weighted by atomic mass is 10.2. The maximum Gasteiger partial charge on any atom is 0.274 e. The number of rotatable bonds is 3. The molecule has 4 rings (SSSR count). The first kappa shape index (κ1) is 15.6. The molecule has 1 aromatic heterocycles. The Hall–Kier alpha value is -2.87. The zero-order valence-corrected chi connectivity index (χ0v) is 13.8. The van der Waals surface area contributed by atoms with Gasteiger partial charge >= 0.3 is 0 Å². The van der Waals surface area contributed by atoms with E-state index in [0.29, 0.717) is 41.9 Å². The predicted molar refractivity (Wildman–Crippen MR) is 90.3 cm³/mol. The summed E-state index contributed by atoms with van der Waals surface area (Å²) in [6.07, 6.45) is 0. The Kier molecular flexibility index (Phi) is 4.10. The lowest BCUT2D eigenvalue weighted by Gasteiger charge is -2.28. The van der Waals surface area contributed by atoms with E-state index in [1.54, 1.807) is 31.2 Å². The molecule has 0 aliphatic carbocycles. The smallest absolute Gasteiger partial charge is 0.274 e. The second-order valence-electron chi connectivity index (χ2n) is 5.78. The first-order valence-electron chi connectivity index (χ1n) is 8.08. The fourth-order valence-corrected chi connectivity index (χ4v) is 2.79. The molecule has 25 heavy (non-hydrogen) atoms. The van der Waals surface area contributed by atoms with Crippen molar-refractivity contribution in [3.63, 3.8) is 0 Å². The van der Waals surface area contributed by atoms with Gasteiger partial charge in [-0.2, -0.15) is 0 Å². The molecule has 1 aromatic carbocycles. The summed E-state index contributed by atoms with van der Waals surface area (Å²) in [6, 6.07) is 6.97. The van der Waals surface area contributed by atoms with E-state index in [0.717, 1.165) is 18.9 Å². The molecule has 3 heterocycles. The number of carbonyl (C=O) groups excluding carboxylic acids is 1. The van der Waals surface area contributed by atoms with Crippen LogP contribution in [0.1, 0.15) is 16.3 Å². The molecule has 0 unspecified atom stereocenters. The maximum atomic E-state index is 12.6. The zero-order valence-electron chi connectivity index (χ0n) is 13.8. The first-order valence-corrected chi connectivity index (χ1v) is 8.08. The molecule has 2 aliphatic rings. The minimum atomic E-state index is -0.293. The number of benzene rings is 1. The first-order chi connectivity index (χ1) is 12.2. The highest BCUT2D eigenvalue weighted by molar-refractivity contribution is 6.03. The fourth-order valence-electron chi connectivity index (χ4n) is 2.79. The molecule has 1 fully saturated rings. The van der Waals surface area contributed by atoms with Crippen molar-refractivity contribution in [3.05, 3.63) is 35.8 Å². The van der Waals surface area contributed by atoms with Gasteiger partial charge in [-0.15, -0.1) is 0 Å². The van der Waals surface area contributed by atoms with Crippen LogP contribution in [-0.2, 0) is 4.74 Å². The summed E-state index contributed by atoms with van der Waals surface area (Å²) in [5, 5.41) is 2.84. The van der Waals surface area contributed by atoms with Gasteiger partial charge in [0.05, 0.1) is 13.2 Å². The minimum absolute atomic E-state index is 0.195. The molecule has 0 spiro atoms. The molecule has 0 atom stereocenters. The number of nitrogens with one attached hydrogen (secondary N) is 1. The SMILES string of the molecule is Cc1nc(C(=O)Nc2ccc3c(c2)OCO3)cc(N2CCOCC2)n1. The van der Waals surface area contributed by atoms with Gasteiger partial charge in [0.25, 0.3) is 5.91 Å². The van der Waals surface area contributed by atoms with E-state index >= 15 is 0 Å². The lowest BCUT2D eigenvalue weighted by Crippen LogP contribution is -2.37. The van der Waals surface area contributed by atoms with Crippen molar-refractivity contribution in [2.75, 3.05) is 43.3 Å². The summed E-state index contributed by atoms with van der Waals surface area (Å²) < 4.78 is 16.0. The van der Waals surface area contributed by atoms with Gasteiger partial charge in [-0.3, -0.25) is 4.79 Å². The summed E-state index contributed by atoms with van der Waals surface area (Å²) >= 11 is 0. The normalized spacial score (nSPS) is 16.0. The van der Waals surface area contributed by atoms with E-state index in [-0.39, 0.29) is 12.7 Å². The summed E-state index contributed by atoms with van der Waals surface area (Å²) in [5.74, 6) is 2.29. The van der Waals surface area contributed by atoms with Crippen LogP contribution >= 0.6 is 0 Å². The predicted octanol–water partition coefficient (Wildman–Crippen LogP) is 1.60. The van der Waals surface area contributed by atoms with Crippen molar-refractivity contribution in [2.24, 2.45) is 0 Å². The van der Waals surface area contributed by atoms with Gasteiger partial charge in [-0.1, -0.05) is 0 Å². The standard InChI is InChI=1S/C17H18N4O4/c1-11-18-13(9-16(19-11)21-4-6-23-7-5-21)17(22)20-12-2-3-14-15(8-12)25-10-24-14/h2-3,8-9H,4-7,10H2,1H3,(H,20,22). The van der Waals surface area contributed by atoms with Gasteiger partial charge < -0.3 is 24.4 Å². The molecule has 0 radical (unpaired) electrons. The number of amides is 1. The van der Waals surface area contributed by atoms with Crippen molar-refractivity contribution >= 4 is 17.4 Å². The minimum Gasteiger partial charge on any atom is -0.454 e. The van der Waals surface area contributed by atoms with Crippen molar-refractivity contribution in [3.8, 4) is 11.5 Å². The van der Waals surface area contributed by atoms with Crippen LogP contribution in [0.4, 0.5) is 11.5 Å². The van der Waals surface area contributed by atoms with Gasteiger partial charge in [0, 0.05) is 30.9 Å². The van der Waals surface area contributed by atoms with E-state index in [1.807, 2.05) is 0 Å². The molecule has 130 valence electrons. The highest BCUT2D eigenvalue weighted by atomic mass is 16.7. The summed E-state index contributed by atoms with van der Waals surface area (Å²) in [6.45, 7) is 4.78. The van der Waals surface area contributed by atoms with Gasteiger partial charge in [0.15, 0.2) is 11.5 Å². The van der Waals surface area contributed by atoms with Crippen molar-refractivity contribution in [2.45, 2.75) is 6.92 Å². The van der Waals surface area contributed by atoms with E-state index < -0.39 is 0 Å². The lowest BCUT2D eigenvalue weighted by molar-refractivity contribution is 0.102. The summed E-state index contributed by atoms with van der Waals surface area (Å²) in [5.41, 5.74) is 0.949. The maximum absolute atomic E-state index is 12.6. The molecule has 2 aromatic rings. The van der Waals surface area contributed by atoms with Gasteiger partial charge in [-0.05, 0) is 19.1 Å². The van der Waals surface area contributed by atoms with Gasteiger partial charge in [-0.25, -0.2) is 9.97 Å². The van der Waals surface area contributed by atoms with Crippen LogP contribution in [-0.4, -0.2) is 49.0 Å². The Morgan fingerprint density at radius 3 is 2.76 bits per heavy atom. The number of aromatic nitrogens is 2. The Balaban J connectivity index is 1.54. The highest BCUT2D eigenvalue weighted by Gasteiger charge is 2.18. The number of anilines is 2. The Morgan fingerprint density at radius 1 is 1.12 bits per heavy atom. The molecule has 8 nitrogen and oxygen atoms in total. The van der Waals surface area contributed by atoms with E-state index in [4.69, 9.17) is 14.2 Å². The third-order valence-electron chi connectivity index (χ3n) is 4.02. The van der Waals surface area contributed by atoms with Gasteiger partial charge in [0.2, 0.25) is 6.79 Å². The van der Waals surface area contributed by atoms with Crippen molar-refractivity contribution in [1.29, 1.82) is 0 Å². The molecular weight excluding hydrogens is 324 g/mol. The number of hydrogen-bond acceptors (Lipinski definition) is 7. The molecule has 0 saturated carbocycles. The van der Waals surface area contributed by atoms with Gasteiger partial charge in [0.1, 0.15) is 17.3 Å². The number of fused-ring (bicyclic) bond motifs is 1. The van der Waals surface area contributed by atoms with Crippen molar-refractivity contribution < 1.29 is 19.0 Å². The molecular formula is C17H18N4O4. The topological polar surface area (TPSA) is 85.8 Å². The number of morpholine rings is 1. The third-order valence-corrected chi connectivity index (χ3v) is 4.02. The summed E-state index contributed by atoms with van der Waals surface area (Å²) in [4.78, 5) is 23.4. The summed E-state index contributed by atoms with van der Waals surface area (Å²) in [7, 11) is 0. The number of hydrogen-bond donors (Lipinski definition) is 1. The number of ether oxygens (including phenoxy) is 3. The molecule has 1 saturated heterocycles. The second-order valence-corrected chi connectivity index (χ2v) is 5.78. The molecule has 8 heteroatoms. The van der Waals surface area contributed by atoms with Crippen molar-refractivity contribution in [1.82, 2.24) is 9.97 Å². The Bertz CT molecular complexity index is 805. The molecule has 1 amide bonds. The van der Waals surface area contributed by atoms with E-state index in [9.17, 15) is 4.79 Å². The number of nitrogens with zero attached hydrogens (tertiary/aromatic N) is 3.